The highest BCUT2D eigenvalue weighted by Crippen LogP contribution is 2.40. The fourth-order valence-corrected chi connectivity index (χ4v) is 2.61. The van der Waals surface area contributed by atoms with Crippen LogP contribution in [-0.4, -0.2) is 18.2 Å². The number of hydrogen-bond donors (Lipinski definition) is 1. The minimum absolute atomic E-state index is 0.182. The van der Waals surface area contributed by atoms with Crippen molar-refractivity contribution in [2.24, 2.45) is 0 Å². The van der Waals surface area contributed by atoms with Gasteiger partial charge in [-0.3, -0.25) is 0 Å². The SMILES string of the molecule is [O-][N+]1(c2ccccc2)CC(O)(c2ccccc2)C1. The third-order valence-corrected chi connectivity index (χ3v) is 3.57. The molecule has 3 nitrogen and oxygen atoms in total. The molecule has 0 aromatic heterocycles. The van der Waals surface area contributed by atoms with Crippen LogP contribution < -0.4 is 4.65 Å². The van der Waals surface area contributed by atoms with Crippen LogP contribution in [-0.2, 0) is 5.60 Å². The predicted molar refractivity (Wildman–Crippen MR) is 71.7 cm³/mol. The van der Waals surface area contributed by atoms with Gasteiger partial charge in [0.15, 0.2) is 5.60 Å². The molecule has 1 aliphatic rings. The Labute approximate surface area is 106 Å². The highest BCUT2D eigenvalue weighted by Gasteiger charge is 2.52. The van der Waals surface area contributed by atoms with Crippen molar-refractivity contribution in [1.82, 2.24) is 4.65 Å². The fourth-order valence-electron chi connectivity index (χ4n) is 2.61. The van der Waals surface area contributed by atoms with Crippen molar-refractivity contribution in [3.8, 4) is 0 Å². The summed E-state index contributed by atoms with van der Waals surface area (Å²) in [6.07, 6.45) is 0. The second-order valence-electron chi connectivity index (χ2n) is 4.94. The molecule has 0 amide bonds. The van der Waals surface area contributed by atoms with Crippen molar-refractivity contribution in [2.75, 3.05) is 13.1 Å². The van der Waals surface area contributed by atoms with Gasteiger partial charge in [-0.05, 0) is 17.7 Å². The molecular weight excluding hydrogens is 226 g/mol. The third kappa shape index (κ3) is 1.73. The van der Waals surface area contributed by atoms with Crippen molar-refractivity contribution >= 4 is 5.69 Å². The molecule has 2 aromatic carbocycles. The van der Waals surface area contributed by atoms with Gasteiger partial charge in [-0.2, -0.15) is 0 Å². The summed E-state index contributed by atoms with van der Waals surface area (Å²) in [5.41, 5.74) is 0.544. The Hall–Kier alpha value is -1.68. The van der Waals surface area contributed by atoms with E-state index in [1.54, 1.807) is 0 Å². The molecule has 92 valence electrons. The molecule has 1 saturated heterocycles. The number of rotatable bonds is 2. The average Bonchev–Trinajstić information content (AvgIpc) is 2.39. The average molecular weight is 241 g/mol. The van der Waals surface area contributed by atoms with Gasteiger partial charge < -0.3 is 15.0 Å². The van der Waals surface area contributed by atoms with Gasteiger partial charge >= 0.3 is 0 Å². The fraction of sp³-hybridized carbons (Fsp3) is 0.200. The molecule has 3 rings (SSSR count). The summed E-state index contributed by atoms with van der Waals surface area (Å²) >= 11 is 0. The molecule has 0 bridgehead atoms. The molecule has 0 atom stereocenters. The third-order valence-electron chi connectivity index (χ3n) is 3.57. The van der Waals surface area contributed by atoms with Crippen LogP contribution in [0.25, 0.3) is 0 Å². The van der Waals surface area contributed by atoms with E-state index < -0.39 is 10.2 Å². The van der Waals surface area contributed by atoms with E-state index in [2.05, 4.69) is 0 Å². The van der Waals surface area contributed by atoms with Gasteiger partial charge in [0.25, 0.3) is 0 Å². The smallest absolute Gasteiger partial charge is 0.189 e. The van der Waals surface area contributed by atoms with Gasteiger partial charge in [-0.15, -0.1) is 0 Å². The maximum absolute atomic E-state index is 12.5. The van der Waals surface area contributed by atoms with Crippen LogP contribution in [0, 0.1) is 5.21 Å². The molecule has 2 aromatic rings. The first-order valence-electron chi connectivity index (χ1n) is 6.04. The second-order valence-corrected chi connectivity index (χ2v) is 4.94. The van der Waals surface area contributed by atoms with E-state index in [9.17, 15) is 10.3 Å². The van der Waals surface area contributed by atoms with Crippen molar-refractivity contribution in [3.05, 3.63) is 71.4 Å². The number of para-hydroxylation sites is 1. The molecule has 18 heavy (non-hydrogen) atoms. The standard InChI is InChI=1S/C15H15NO2/c17-15(13-7-3-1-4-8-13)11-16(18,12-15)14-9-5-2-6-10-14/h1-10,17H,11-12H2. The Morgan fingerprint density at radius 1 is 0.889 bits per heavy atom. The van der Waals surface area contributed by atoms with Gasteiger partial charge in [0.05, 0.1) is 0 Å². The minimum atomic E-state index is -0.987. The Bertz CT molecular complexity index is 483. The molecule has 0 aliphatic carbocycles. The van der Waals surface area contributed by atoms with Crippen molar-refractivity contribution < 1.29 is 5.11 Å². The van der Waals surface area contributed by atoms with Gasteiger partial charge in [0, 0.05) is 0 Å². The predicted octanol–water partition coefficient (Wildman–Crippen LogP) is 2.39. The Kier molecular flexibility index (Phi) is 2.48. The largest absolute Gasteiger partial charge is 0.627 e. The number of nitrogens with zero attached hydrogens (tertiary/aromatic N) is 1. The van der Waals surface area contributed by atoms with E-state index >= 15 is 0 Å². The number of quaternary nitrogens is 1. The van der Waals surface area contributed by atoms with Gasteiger partial charge in [0.2, 0.25) is 0 Å². The van der Waals surface area contributed by atoms with E-state index in [4.69, 9.17) is 0 Å². The summed E-state index contributed by atoms with van der Waals surface area (Å²) in [6, 6.07) is 18.6. The van der Waals surface area contributed by atoms with Crippen molar-refractivity contribution in [3.63, 3.8) is 0 Å². The molecule has 1 N–H and O–H groups in total. The van der Waals surface area contributed by atoms with Gasteiger partial charge in [-0.25, -0.2) is 0 Å². The second kappa shape index (κ2) is 3.92. The Balaban J connectivity index is 1.84. The Morgan fingerprint density at radius 2 is 1.39 bits per heavy atom. The van der Waals surface area contributed by atoms with Crippen LogP contribution in [0.15, 0.2) is 60.7 Å². The number of benzene rings is 2. The lowest BCUT2D eigenvalue weighted by Gasteiger charge is -2.57. The van der Waals surface area contributed by atoms with Crippen LogP contribution in [0.2, 0.25) is 0 Å². The molecule has 0 spiro atoms. The van der Waals surface area contributed by atoms with Crippen LogP contribution in [0.3, 0.4) is 0 Å². The van der Waals surface area contributed by atoms with Crippen LogP contribution in [0.1, 0.15) is 5.56 Å². The number of aliphatic hydroxyl groups is 1. The lowest BCUT2D eigenvalue weighted by Crippen LogP contribution is -2.70. The maximum atomic E-state index is 12.5. The first kappa shape index (κ1) is 11.4. The van der Waals surface area contributed by atoms with E-state index in [-0.39, 0.29) is 13.1 Å². The number of hydroxylamine groups is 2. The maximum Gasteiger partial charge on any atom is 0.189 e. The molecule has 0 saturated carbocycles. The topological polar surface area (TPSA) is 43.3 Å². The van der Waals surface area contributed by atoms with E-state index in [1.165, 1.54) is 0 Å². The minimum Gasteiger partial charge on any atom is -0.627 e. The summed E-state index contributed by atoms with van der Waals surface area (Å²) in [5.74, 6) is 0. The lowest BCUT2D eigenvalue weighted by molar-refractivity contribution is -0.0775. The molecule has 1 heterocycles. The summed E-state index contributed by atoms with van der Waals surface area (Å²) in [6.45, 7) is 0.363. The van der Waals surface area contributed by atoms with E-state index in [0.29, 0.717) is 5.69 Å². The zero-order valence-corrected chi connectivity index (χ0v) is 9.99. The normalized spacial score (nSPS) is 30.8. The molecule has 0 radical (unpaired) electrons. The van der Waals surface area contributed by atoms with Crippen LogP contribution in [0.4, 0.5) is 5.69 Å². The zero-order chi connectivity index (χ0) is 12.6. The van der Waals surface area contributed by atoms with Gasteiger partial charge in [0.1, 0.15) is 18.8 Å². The summed E-state index contributed by atoms with van der Waals surface area (Å²) in [7, 11) is 0. The molecular formula is C15H15NO2. The summed E-state index contributed by atoms with van der Waals surface area (Å²) in [5, 5.41) is 23.0. The molecule has 0 unspecified atom stereocenters. The van der Waals surface area contributed by atoms with Crippen LogP contribution >= 0.6 is 0 Å². The quantitative estimate of drug-likeness (QED) is 0.648. The first-order valence-corrected chi connectivity index (χ1v) is 6.04. The van der Waals surface area contributed by atoms with Crippen molar-refractivity contribution in [2.45, 2.75) is 5.60 Å². The summed E-state index contributed by atoms with van der Waals surface area (Å²) in [4.78, 5) is 0. The highest BCUT2D eigenvalue weighted by molar-refractivity contribution is 5.48. The monoisotopic (exact) mass is 241 g/mol. The highest BCUT2D eigenvalue weighted by atomic mass is 16.6. The van der Waals surface area contributed by atoms with E-state index in [1.807, 2.05) is 60.7 Å². The van der Waals surface area contributed by atoms with Crippen molar-refractivity contribution in [1.29, 1.82) is 0 Å². The number of hydrogen-bond acceptors (Lipinski definition) is 2. The Morgan fingerprint density at radius 3 is 1.94 bits per heavy atom. The van der Waals surface area contributed by atoms with E-state index in [0.717, 1.165) is 5.56 Å². The molecule has 3 heteroatoms. The molecule has 1 fully saturated rings. The van der Waals surface area contributed by atoms with Crippen LogP contribution in [0.5, 0.6) is 0 Å². The summed E-state index contributed by atoms with van der Waals surface area (Å²) < 4.78 is -0.452. The molecule has 1 aliphatic heterocycles. The van der Waals surface area contributed by atoms with Gasteiger partial charge in [-0.1, -0.05) is 48.5 Å². The first-order chi connectivity index (χ1) is 8.62. The zero-order valence-electron chi connectivity index (χ0n) is 9.99. The lowest BCUT2D eigenvalue weighted by atomic mass is 9.85.